The minimum atomic E-state index is -2.88. The minimum Gasteiger partial charge on any atom is -0.434 e. The van der Waals surface area contributed by atoms with Crippen LogP contribution in [0.1, 0.15) is 22.9 Å². The molecular formula is C14H15F2N3O. The Labute approximate surface area is 115 Å². The normalized spacial score (nSPS) is 12.4. The zero-order valence-electron chi connectivity index (χ0n) is 10.9. The number of alkyl halides is 2. The number of nitrogens with two attached hydrogens (primary N) is 1. The molecule has 0 aliphatic heterocycles. The number of hydrazine groups is 1. The van der Waals surface area contributed by atoms with Gasteiger partial charge in [-0.3, -0.25) is 10.8 Å². The molecule has 3 N–H and O–H groups in total. The molecule has 106 valence electrons. The van der Waals surface area contributed by atoms with Crippen molar-refractivity contribution in [3.05, 3.63) is 59.4 Å². The van der Waals surface area contributed by atoms with E-state index in [4.69, 9.17) is 5.84 Å². The molecule has 1 aromatic carbocycles. The summed E-state index contributed by atoms with van der Waals surface area (Å²) in [4.78, 5) is 4.18. The highest BCUT2D eigenvalue weighted by Crippen LogP contribution is 2.30. The van der Waals surface area contributed by atoms with Gasteiger partial charge in [-0.2, -0.15) is 8.78 Å². The van der Waals surface area contributed by atoms with Crippen LogP contribution >= 0.6 is 0 Å². The molecule has 0 saturated heterocycles. The number of ether oxygens (including phenoxy) is 1. The van der Waals surface area contributed by atoms with E-state index in [0.29, 0.717) is 5.56 Å². The van der Waals surface area contributed by atoms with Crippen molar-refractivity contribution in [1.29, 1.82) is 0 Å². The molecule has 0 saturated carbocycles. The molecule has 1 unspecified atom stereocenters. The van der Waals surface area contributed by atoms with Gasteiger partial charge < -0.3 is 4.74 Å². The standard InChI is InChI=1S/C14H15F2N3O/c1-9-6-7-10(8-18-9)13(19-17)11-4-2-3-5-12(11)20-14(15)16/h2-8,13-14,19H,17H2,1H3. The van der Waals surface area contributed by atoms with E-state index in [9.17, 15) is 8.78 Å². The van der Waals surface area contributed by atoms with Crippen LogP contribution < -0.4 is 16.0 Å². The van der Waals surface area contributed by atoms with Gasteiger partial charge in [0, 0.05) is 17.5 Å². The minimum absolute atomic E-state index is 0.0889. The molecule has 0 spiro atoms. The van der Waals surface area contributed by atoms with Crippen LogP contribution in [0.25, 0.3) is 0 Å². The first kappa shape index (κ1) is 14.4. The van der Waals surface area contributed by atoms with Gasteiger partial charge in [-0.1, -0.05) is 24.3 Å². The van der Waals surface area contributed by atoms with Gasteiger partial charge in [-0.15, -0.1) is 0 Å². The van der Waals surface area contributed by atoms with Crippen molar-refractivity contribution in [2.24, 2.45) is 5.84 Å². The Balaban J connectivity index is 2.38. The van der Waals surface area contributed by atoms with Crippen LogP contribution in [0.3, 0.4) is 0 Å². The largest absolute Gasteiger partial charge is 0.434 e. The Morgan fingerprint density at radius 2 is 1.95 bits per heavy atom. The van der Waals surface area contributed by atoms with Crippen LogP contribution in [-0.4, -0.2) is 11.6 Å². The van der Waals surface area contributed by atoms with E-state index in [1.807, 2.05) is 19.1 Å². The number of benzene rings is 1. The number of para-hydroxylation sites is 1. The van der Waals surface area contributed by atoms with Gasteiger partial charge >= 0.3 is 6.61 Å². The maximum Gasteiger partial charge on any atom is 0.387 e. The third kappa shape index (κ3) is 3.28. The first-order valence-electron chi connectivity index (χ1n) is 6.04. The third-order valence-corrected chi connectivity index (χ3v) is 2.88. The fourth-order valence-corrected chi connectivity index (χ4v) is 1.94. The number of pyridine rings is 1. The summed E-state index contributed by atoms with van der Waals surface area (Å²) in [5, 5.41) is 0. The number of hydrogen-bond donors (Lipinski definition) is 2. The molecule has 0 amide bonds. The first-order chi connectivity index (χ1) is 9.61. The van der Waals surface area contributed by atoms with Gasteiger partial charge in [-0.25, -0.2) is 5.43 Å². The van der Waals surface area contributed by atoms with Gasteiger partial charge in [0.1, 0.15) is 5.75 Å². The SMILES string of the molecule is Cc1ccc(C(NN)c2ccccc2OC(F)F)cn1. The van der Waals surface area contributed by atoms with E-state index in [2.05, 4.69) is 15.1 Å². The lowest BCUT2D eigenvalue weighted by atomic mass is 9.99. The fourth-order valence-electron chi connectivity index (χ4n) is 1.94. The van der Waals surface area contributed by atoms with Crippen molar-refractivity contribution in [2.45, 2.75) is 19.6 Å². The molecule has 20 heavy (non-hydrogen) atoms. The molecule has 0 radical (unpaired) electrons. The second-order valence-electron chi connectivity index (χ2n) is 4.25. The van der Waals surface area contributed by atoms with Crippen molar-refractivity contribution in [3.8, 4) is 5.75 Å². The van der Waals surface area contributed by atoms with Crippen molar-refractivity contribution >= 4 is 0 Å². The molecule has 0 bridgehead atoms. The van der Waals surface area contributed by atoms with Crippen LogP contribution in [0.2, 0.25) is 0 Å². The lowest BCUT2D eigenvalue weighted by molar-refractivity contribution is -0.0506. The molecule has 2 aromatic rings. The van der Waals surface area contributed by atoms with Crippen LogP contribution in [0.15, 0.2) is 42.6 Å². The van der Waals surface area contributed by atoms with Gasteiger partial charge in [0.15, 0.2) is 0 Å². The summed E-state index contributed by atoms with van der Waals surface area (Å²) >= 11 is 0. The quantitative estimate of drug-likeness (QED) is 0.652. The summed E-state index contributed by atoms with van der Waals surface area (Å²) in [5.74, 6) is 5.64. The van der Waals surface area contributed by atoms with E-state index < -0.39 is 12.7 Å². The number of nitrogens with one attached hydrogen (secondary N) is 1. The Kier molecular flexibility index (Phi) is 4.60. The maximum absolute atomic E-state index is 12.4. The summed E-state index contributed by atoms with van der Waals surface area (Å²) in [5.41, 5.74) is 4.76. The average molecular weight is 279 g/mol. The summed E-state index contributed by atoms with van der Waals surface area (Å²) in [6.45, 7) is -1.02. The number of hydrogen-bond acceptors (Lipinski definition) is 4. The number of aromatic nitrogens is 1. The zero-order valence-corrected chi connectivity index (χ0v) is 10.9. The number of rotatable bonds is 5. The van der Waals surface area contributed by atoms with Crippen molar-refractivity contribution in [1.82, 2.24) is 10.4 Å². The molecule has 4 nitrogen and oxygen atoms in total. The summed E-state index contributed by atoms with van der Waals surface area (Å²) in [6.07, 6.45) is 1.65. The average Bonchev–Trinajstić information content (AvgIpc) is 2.43. The third-order valence-electron chi connectivity index (χ3n) is 2.88. The van der Waals surface area contributed by atoms with Gasteiger partial charge in [-0.05, 0) is 24.6 Å². The molecule has 6 heteroatoms. The predicted octanol–water partition coefficient (Wildman–Crippen LogP) is 2.54. The molecule has 1 atom stereocenters. The van der Waals surface area contributed by atoms with Crippen molar-refractivity contribution in [3.63, 3.8) is 0 Å². The second-order valence-corrected chi connectivity index (χ2v) is 4.25. The highest BCUT2D eigenvalue weighted by molar-refractivity contribution is 5.41. The van der Waals surface area contributed by atoms with E-state index in [0.717, 1.165) is 11.3 Å². The summed E-state index contributed by atoms with van der Waals surface area (Å²) < 4.78 is 29.4. The Morgan fingerprint density at radius 1 is 1.20 bits per heavy atom. The number of aryl methyl sites for hydroxylation is 1. The molecule has 1 aromatic heterocycles. The number of halogens is 2. The van der Waals surface area contributed by atoms with Crippen molar-refractivity contribution in [2.75, 3.05) is 0 Å². The Bertz CT molecular complexity index is 561. The van der Waals surface area contributed by atoms with Gasteiger partial charge in [0.2, 0.25) is 0 Å². The van der Waals surface area contributed by atoms with Gasteiger partial charge in [0.05, 0.1) is 6.04 Å². The molecule has 2 rings (SSSR count). The molecule has 0 fully saturated rings. The fraction of sp³-hybridized carbons (Fsp3) is 0.214. The second kappa shape index (κ2) is 6.40. The topological polar surface area (TPSA) is 60.2 Å². The van der Waals surface area contributed by atoms with Gasteiger partial charge in [0.25, 0.3) is 0 Å². The van der Waals surface area contributed by atoms with E-state index in [-0.39, 0.29) is 5.75 Å². The molecule has 0 aliphatic carbocycles. The monoisotopic (exact) mass is 279 g/mol. The van der Waals surface area contributed by atoms with Crippen LogP contribution in [0.5, 0.6) is 5.75 Å². The van der Waals surface area contributed by atoms with E-state index >= 15 is 0 Å². The smallest absolute Gasteiger partial charge is 0.387 e. The van der Waals surface area contributed by atoms with Crippen LogP contribution in [0, 0.1) is 6.92 Å². The predicted molar refractivity (Wildman–Crippen MR) is 71.2 cm³/mol. The Hall–Kier alpha value is -2.05. The Morgan fingerprint density at radius 3 is 2.55 bits per heavy atom. The number of nitrogens with zero attached hydrogens (tertiary/aromatic N) is 1. The van der Waals surface area contributed by atoms with Crippen LogP contribution in [0.4, 0.5) is 8.78 Å². The molecular weight excluding hydrogens is 264 g/mol. The van der Waals surface area contributed by atoms with Crippen molar-refractivity contribution < 1.29 is 13.5 Å². The maximum atomic E-state index is 12.4. The highest BCUT2D eigenvalue weighted by atomic mass is 19.3. The summed E-state index contributed by atoms with van der Waals surface area (Å²) in [6, 6.07) is 9.72. The first-order valence-corrected chi connectivity index (χ1v) is 6.04. The lowest BCUT2D eigenvalue weighted by Crippen LogP contribution is -2.29. The lowest BCUT2D eigenvalue weighted by Gasteiger charge is -2.19. The van der Waals surface area contributed by atoms with E-state index in [1.165, 1.54) is 6.07 Å². The summed E-state index contributed by atoms with van der Waals surface area (Å²) in [7, 11) is 0. The highest BCUT2D eigenvalue weighted by Gasteiger charge is 2.19. The molecule has 0 aliphatic rings. The molecule has 1 heterocycles. The van der Waals surface area contributed by atoms with Crippen LogP contribution in [-0.2, 0) is 0 Å². The zero-order chi connectivity index (χ0) is 14.5. The van der Waals surface area contributed by atoms with E-state index in [1.54, 1.807) is 24.4 Å².